The van der Waals surface area contributed by atoms with E-state index in [0.29, 0.717) is 47.7 Å². The number of ether oxygens (including phenoxy) is 4. The Labute approximate surface area is 246 Å². The lowest BCUT2D eigenvalue weighted by Crippen LogP contribution is -2.40. The van der Waals surface area contributed by atoms with Crippen molar-refractivity contribution < 1.29 is 28.8 Å². The standard InChI is InChI=1S/C30H23BrN2O7S/c1-3-38-29(36)24-25(16-7-5-4-6-8-16)32-30-33(26(24)17-9-10-20-21(12-17)40-15-39-20)28(35)23(41-30)13-18-11-19(31)14-22(37-2)27(18)34/h4-14,26,34H,3,15H2,1-2H3/b23-13-/t26-/m1/s1. The van der Waals surface area contributed by atoms with Crippen molar-refractivity contribution in [2.45, 2.75) is 13.0 Å². The average Bonchev–Trinajstić information content (AvgIpc) is 3.58. The Kier molecular flexibility index (Phi) is 7.14. The van der Waals surface area contributed by atoms with Gasteiger partial charge in [-0.25, -0.2) is 9.79 Å². The zero-order chi connectivity index (χ0) is 28.7. The first kappa shape index (κ1) is 26.9. The van der Waals surface area contributed by atoms with Crippen molar-refractivity contribution in [1.82, 2.24) is 4.57 Å². The Morgan fingerprint density at radius 2 is 1.95 bits per heavy atom. The first-order valence-electron chi connectivity index (χ1n) is 12.6. The van der Waals surface area contributed by atoms with E-state index in [1.165, 1.54) is 11.7 Å². The molecule has 0 fully saturated rings. The highest BCUT2D eigenvalue weighted by atomic mass is 79.9. The SMILES string of the molecule is CCOC(=O)C1=C(c2ccccc2)N=c2s/c(=C\c3cc(Br)cc(OC)c3O)c(=O)n2[C@@H]1c1ccc2c(c1)OCO2. The van der Waals surface area contributed by atoms with Gasteiger partial charge in [-0.05, 0) is 42.8 Å². The molecule has 0 radical (unpaired) electrons. The molecule has 4 aromatic rings. The van der Waals surface area contributed by atoms with Crippen molar-refractivity contribution in [3.05, 3.63) is 107 Å². The summed E-state index contributed by atoms with van der Waals surface area (Å²) in [6.45, 7) is 1.95. The molecule has 2 aliphatic heterocycles. The van der Waals surface area contributed by atoms with E-state index in [-0.39, 0.29) is 36.0 Å². The number of aromatic hydroxyl groups is 1. The molecule has 0 bridgehead atoms. The number of fused-ring (bicyclic) bond motifs is 2. The summed E-state index contributed by atoms with van der Waals surface area (Å²) < 4.78 is 24.4. The number of rotatable bonds is 6. The molecule has 6 rings (SSSR count). The van der Waals surface area contributed by atoms with Crippen molar-refractivity contribution in [3.8, 4) is 23.0 Å². The van der Waals surface area contributed by atoms with Crippen molar-refractivity contribution in [2.75, 3.05) is 20.5 Å². The van der Waals surface area contributed by atoms with E-state index in [4.69, 9.17) is 23.9 Å². The third kappa shape index (κ3) is 4.81. The molecular weight excluding hydrogens is 612 g/mol. The van der Waals surface area contributed by atoms with Crippen LogP contribution in [0.25, 0.3) is 11.8 Å². The molecular formula is C30H23BrN2O7S. The van der Waals surface area contributed by atoms with Crippen molar-refractivity contribution >= 4 is 45.0 Å². The minimum Gasteiger partial charge on any atom is -0.504 e. The Balaban J connectivity index is 1.65. The van der Waals surface area contributed by atoms with E-state index >= 15 is 0 Å². The fourth-order valence-electron chi connectivity index (χ4n) is 4.84. The quantitative estimate of drug-likeness (QED) is 0.318. The summed E-state index contributed by atoms with van der Waals surface area (Å²) in [5.41, 5.74) is 1.96. The number of halogens is 1. The van der Waals surface area contributed by atoms with Gasteiger partial charge >= 0.3 is 5.97 Å². The van der Waals surface area contributed by atoms with Gasteiger partial charge in [0.25, 0.3) is 5.56 Å². The molecule has 3 heterocycles. The maximum atomic E-state index is 14.1. The van der Waals surface area contributed by atoms with Crippen LogP contribution < -0.4 is 29.1 Å². The molecule has 3 aromatic carbocycles. The van der Waals surface area contributed by atoms with Gasteiger partial charge in [-0.15, -0.1) is 0 Å². The topological polar surface area (TPSA) is 109 Å². The van der Waals surface area contributed by atoms with Crippen LogP contribution in [-0.2, 0) is 9.53 Å². The lowest BCUT2D eigenvalue weighted by Gasteiger charge is -2.26. The molecule has 0 saturated carbocycles. The number of carbonyl (C=O) groups is 1. The summed E-state index contributed by atoms with van der Waals surface area (Å²) in [5, 5.41) is 10.8. The minimum atomic E-state index is -0.872. The van der Waals surface area contributed by atoms with E-state index in [2.05, 4.69) is 15.9 Å². The third-order valence-corrected chi connectivity index (χ3v) is 8.10. The van der Waals surface area contributed by atoms with Gasteiger partial charge in [-0.1, -0.05) is 63.7 Å². The van der Waals surface area contributed by atoms with E-state index in [0.717, 1.165) is 11.3 Å². The van der Waals surface area contributed by atoms with Crippen LogP contribution in [0, 0.1) is 0 Å². The highest BCUT2D eigenvalue weighted by Gasteiger charge is 2.36. The van der Waals surface area contributed by atoms with Gasteiger partial charge in [0.2, 0.25) is 6.79 Å². The van der Waals surface area contributed by atoms with E-state index in [1.807, 2.05) is 30.3 Å². The molecule has 0 spiro atoms. The van der Waals surface area contributed by atoms with Crippen molar-refractivity contribution in [2.24, 2.45) is 4.99 Å². The fraction of sp³-hybridized carbons (Fsp3) is 0.167. The summed E-state index contributed by atoms with van der Waals surface area (Å²) >= 11 is 4.58. The van der Waals surface area contributed by atoms with E-state index < -0.39 is 12.0 Å². The molecule has 9 nitrogen and oxygen atoms in total. The number of benzene rings is 3. The zero-order valence-corrected chi connectivity index (χ0v) is 24.3. The van der Waals surface area contributed by atoms with Crippen LogP contribution in [0.3, 0.4) is 0 Å². The molecule has 2 aliphatic rings. The molecule has 208 valence electrons. The number of hydrogen-bond acceptors (Lipinski definition) is 9. The molecule has 11 heteroatoms. The number of carbonyl (C=O) groups excluding carboxylic acids is 1. The van der Waals surface area contributed by atoms with E-state index in [1.54, 1.807) is 43.3 Å². The summed E-state index contributed by atoms with van der Waals surface area (Å²) in [7, 11) is 1.45. The van der Waals surface area contributed by atoms with Crippen LogP contribution >= 0.6 is 27.3 Å². The normalized spacial score (nSPS) is 15.9. The van der Waals surface area contributed by atoms with Crippen LogP contribution in [0.5, 0.6) is 23.0 Å². The number of esters is 1. The maximum absolute atomic E-state index is 14.1. The Morgan fingerprint density at radius 3 is 2.71 bits per heavy atom. The highest BCUT2D eigenvalue weighted by molar-refractivity contribution is 9.10. The second-order valence-electron chi connectivity index (χ2n) is 9.09. The monoisotopic (exact) mass is 634 g/mol. The second-order valence-corrected chi connectivity index (χ2v) is 11.0. The summed E-state index contributed by atoms with van der Waals surface area (Å²) in [5.74, 6) is 0.655. The molecule has 1 atom stereocenters. The van der Waals surface area contributed by atoms with E-state index in [9.17, 15) is 14.7 Å². The fourth-order valence-corrected chi connectivity index (χ4v) is 6.29. The largest absolute Gasteiger partial charge is 0.504 e. The van der Waals surface area contributed by atoms with Gasteiger partial charge in [0.1, 0.15) is 0 Å². The minimum absolute atomic E-state index is 0.0803. The third-order valence-electron chi connectivity index (χ3n) is 6.66. The summed E-state index contributed by atoms with van der Waals surface area (Å²) in [4.78, 5) is 32.9. The average molecular weight is 635 g/mol. The molecule has 0 saturated heterocycles. The van der Waals surface area contributed by atoms with Crippen LogP contribution in [0.15, 0.2) is 80.5 Å². The molecule has 41 heavy (non-hydrogen) atoms. The van der Waals surface area contributed by atoms with Gasteiger partial charge in [0.05, 0.1) is 35.6 Å². The number of thiazole rings is 1. The van der Waals surface area contributed by atoms with Crippen LogP contribution in [0.4, 0.5) is 0 Å². The Bertz CT molecular complexity index is 1900. The Hall–Kier alpha value is -4.35. The molecule has 0 unspecified atom stereocenters. The van der Waals surface area contributed by atoms with Gasteiger partial charge in [-0.3, -0.25) is 9.36 Å². The lowest BCUT2D eigenvalue weighted by atomic mass is 9.93. The Morgan fingerprint density at radius 1 is 1.17 bits per heavy atom. The summed E-state index contributed by atoms with van der Waals surface area (Å²) in [6.07, 6.45) is 1.58. The van der Waals surface area contributed by atoms with Crippen LogP contribution in [0.2, 0.25) is 0 Å². The van der Waals surface area contributed by atoms with Crippen molar-refractivity contribution in [1.29, 1.82) is 0 Å². The van der Waals surface area contributed by atoms with Gasteiger partial charge < -0.3 is 24.1 Å². The molecule has 1 N–H and O–H groups in total. The van der Waals surface area contributed by atoms with Gasteiger partial charge in [-0.2, -0.15) is 0 Å². The van der Waals surface area contributed by atoms with Gasteiger partial charge in [0.15, 0.2) is 27.8 Å². The number of phenols is 1. The maximum Gasteiger partial charge on any atom is 0.338 e. The highest BCUT2D eigenvalue weighted by Crippen LogP contribution is 2.40. The van der Waals surface area contributed by atoms with Crippen LogP contribution in [-0.4, -0.2) is 36.2 Å². The molecule has 0 aliphatic carbocycles. The smallest absolute Gasteiger partial charge is 0.338 e. The van der Waals surface area contributed by atoms with Crippen LogP contribution in [0.1, 0.15) is 29.7 Å². The lowest BCUT2D eigenvalue weighted by molar-refractivity contribution is -0.138. The number of phenolic OH excluding ortho intramolecular Hbond substituents is 1. The first-order chi connectivity index (χ1) is 19.9. The zero-order valence-electron chi connectivity index (χ0n) is 21.9. The molecule has 0 amide bonds. The van der Waals surface area contributed by atoms with Crippen molar-refractivity contribution in [3.63, 3.8) is 0 Å². The number of nitrogens with zero attached hydrogens (tertiary/aromatic N) is 2. The predicted molar refractivity (Wildman–Crippen MR) is 156 cm³/mol. The number of methoxy groups -OCH3 is 1. The summed E-state index contributed by atoms with van der Waals surface area (Å²) in [6, 6.07) is 17.1. The van der Waals surface area contributed by atoms with Gasteiger partial charge in [0, 0.05) is 15.6 Å². The number of hydrogen-bond donors (Lipinski definition) is 1. The predicted octanol–water partition coefficient (Wildman–Crippen LogP) is 4.14. The molecule has 1 aromatic heterocycles. The second kappa shape index (κ2) is 10.9. The number of aromatic nitrogens is 1. The first-order valence-corrected chi connectivity index (χ1v) is 14.2.